The number of terminal acetylenes is 1. The Labute approximate surface area is 364 Å². The second-order valence-corrected chi connectivity index (χ2v) is 14.1. The Kier molecular flexibility index (Phi) is 13.4. The van der Waals surface area contributed by atoms with E-state index in [0.717, 1.165) is 13.2 Å². The number of carboxylic acid groups (broad SMARTS) is 1. The fourth-order valence-corrected chi connectivity index (χ4v) is 6.17. The van der Waals surface area contributed by atoms with E-state index in [-0.39, 0.29) is 58.5 Å². The minimum Gasteiger partial charge on any atom is -0.504 e. The number of aromatic hydroxyl groups is 2. The van der Waals surface area contributed by atoms with E-state index in [4.69, 9.17) is 20.6 Å². The van der Waals surface area contributed by atoms with Crippen LogP contribution in [0.2, 0.25) is 0 Å². The number of rotatable bonds is 17. The van der Waals surface area contributed by atoms with Crippen molar-refractivity contribution in [2.45, 2.75) is 25.0 Å². The fourth-order valence-electron chi connectivity index (χ4n) is 6.17. The van der Waals surface area contributed by atoms with Gasteiger partial charge in [-0.1, -0.05) is 5.92 Å². The normalized spacial score (nSPS) is 12.3. The largest absolute Gasteiger partial charge is 0.504 e. The molecule has 64 heavy (non-hydrogen) atoms. The van der Waals surface area contributed by atoms with E-state index in [9.17, 15) is 44.1 Å². The minimum atomic E-state index is -1.42. The molecule has 0 radical (unpaired) electrons. The molecule has 19 nitrogen and oxygen atoms in total. The molecule has 0 aromatic heterocycles. The molecule has 1 heterocycles. The Morgan fingerprint density at radius 1 is 0.641 bits per heavy atom. The molecule has 326 valence electrons. The number of methoxy groups -OCH3 is 2. The number of nitrogens with zero attached hydrogens (tertiary/aromatic N) is 2. The van der Waals surface area contributed by atoms with Crippen molar-refractivity contribution in [3.63, 3.8) is 0 Å². The molecule has 0 saturated heterocycles. The molecule has 0 spiro atoms. The van der Waals surface area contributed by atoms with E-state index in [1.54, 1.807) is 43.3 Å². The van der Waals surface area contributed by atoms with Crippen LogP contribution in [0.3, 0.4) is 0 Å². The van der Waals surface area contributed by atoms with Crippen molar-refractivity contribution in [3.05, 3.63) is 125 Å². The van der Waals surface area contributed by atoms with Gasteiger partial charge in [-0.2, -0.15) is 10.2 Å². The Hall–Kier alpha value is -8.92. The summed E-state index contributed by atoms with van der Waals surface area (Å²) in [5.41, 5.74) is -0.284. The third kappa shape index (κ3) is 10.5. The van der Waals surface area contributed by atoms with Gasteiger partial charge in [0.1, 0.15) is 24.0 Å². The zero-order valence-corrected chi connectivity index (χ0v) is 34.2. The van der Waals surface area contributed by atoms with Crippen molar-refractivity contribution in [3.8, 4) is 41.1 Å². The zero-order chi connectivity index (χ0) is 46.1. The first-order valence-corrected chi connectivity index (χ1v) is 19.0. The number of phenolic OH excluding ortho intramolecular Hbond substituents is 1. The van der Waals surface area contributed by atoms with Gasteiger partial charge in [0.25, 0.3) is 23.6 Å². The summed E-state index contributed by atoms with van der Waals surface area (Å²) in [6.07, 6.45) is 5.26. The molecule has 5 amide bonds. The first-order chi connectivity index (χ1) is 30.6. The average molecular weight is 870 g/mol. The van der Waals surface area contributed by atoms with Crippen molar-refractivity contribution in [2.24, 2.45) is 10.2 Å². The number of nitrogens with one attached hydrogen (secondary N) is 5. The van der Waals surface area contributed by atoms with Gasteiger partial charge in [-0.15, -0.1) is 6.42 Å². The van der Waals surface area contributed by atoms with Gasteiger partial charge in [-0.3, -0.25) is 24.0 Å². The van der Waals surface area contributed by atoms with Crippen molar-refractivity contribution in [1.82, 2.24) is 5.32 Å². The smallest absolute Gasteiger partial charge is 0.339 e. The maximum Gasteiger partial charge on any atom is 0.339 e. The summed E-state index contributed by atoms with van der Waals surface area (Å²) >= 11 is 0. The summed E-state index contributed by atoms with van der Waals surface area (Å²) in [6, 6.07) is 21.9. The molecule has 0 aliphatic carbocycles. The number of phenols is 2. The van der Waals surface area contributed by atoms with Crippen LogP contribution >= 0.6 is 0 Å². The highest BCUT2D eigenvalue weighted by Crippen LogP contribution is 2.41. The van der Waals surface area contributed by atoms with E-state index in [1.807, 2.05) is 0 Å². The summed E-state index contributed by atoms with van der Waals surface area (Å²) in [4.78, 5) is 77.4. The molecule has 8 N–H and O–H groups in total. The lowest BCUT2D eigenvalue weighted by molar-refractivity contribution is -0.118. The maximum absolute atomic E-state index is 13.5. The van der Waals surface area contributed by atoms with Crippen LogP contribution in [0.4, 0.5) is 22.7 Å². The van der Waals surface area contributed by atoms with Crippen molar-refractivity contribution in [1.29, 1.82) is 0 Å². The van der Waals surface area contributed by atoms with E-state index < -0.39 is 58.4 Å². The molecule has 1 atom stereocenters. The van der Waals surface area contributed by atoms with Gasteiger partial charge in [0, 0.05) is 34.5 Å². The monoisotopic (exact) mass is 869 g/mol. The molecule has 5 aromatic carbocycles. The van der Waals surface area contributed by atoms with E-state index >= 15 is 0 Å². The molecule has 19 heteroatoms. The molecule has 0 fully saturated rings. The third-order valence-electron chi connectivity index (χ3n) is 9.55. The fraction of sp³-hybridized carbons (Fsp3) is 0.156. The number of carbonyl (C=O) groups excluding carboxylic acids is 5. The van der Waals surface area contributed by atoms with Crippen LogP contribution in [0.25, 0.3) is 0 Å². The van der Waals surface area contributed by atoms with Gasteiger partial charge in [0.05, 0.1) is 31.2 Å². The van der Waals surface area contributed by atoms with Gasteiger partial charge in [0.15, 0.2) is 28.7 Å². The number of anilines is 4. The molecule has 0 bridgehead atoms. The summed E-state index contributed by atoms with van der Waals surface area (Å²) < 4.78 is 15.7. The standard InChI is InChI=1S/C45H39N7O12/c1-5-22-64-29-16-10-26(11-17-29)39(55)46-27-12-6-25(7-13-27)41(57)50-34(23-45(2)51-52-45)43(59)47-28-14-8-24(9-15-28)40(56)48-32-20-18-30(35(53)37(32)62-3)42(58)49-33-21-19-31(44(60)61)36(54)38(33)63-4/h1,6-21,34,53-54H,22-23H2,2-4H3,(H,46,55)(H,47,59)(H,48,56)(H,49,58)(H,50,57)(H,60,61)/t34-/m0/s1. The molecule has 6 rings (SSSR count). The van der Waals surface area contributed by atoms with Gasteiger partial charge >= 0.3 is 5.97 Å². The lowest BCUT2D eigenvalue weighted by atomic mass is 10.0. The number of hydrogen-bond donors (Lipinski definition) is 8. The quantitative estimate of drug-likeness (QED) is 0.0508. The number of benzene rings is 5. The number of hydrogen-bond acceptors (Lipinski definition) is 13. The highest BCUT2D eigenvalue weighted by atomic mass is 16.5. The maximum atomic E-state index is 13.5. The van der Waals surface area contributed by atoms with Crippen LogP contribution in [0.5, 0.6) is 28.7 Å². The molecular formula is C45H39N7O12. The van der Waals surface area contributed by atoms with Gasteiger partial charge in [-0.25, -0.2) is 4.79 Å². The summed E-state index contributed by atoms with van der Waals surface area (Å²) in [7, 11) is 2.37. The number of amides is 5. The second kappa shape index (κ2) is 19.2. The van der Waals surface area contributed by atoms with E-state index in [2.05, 4.69) is 42.7 Å². The number of carboxylic acids is 1. The Balaban J connectivity index is 1.06. The lowest BCUT2D eigenvalue weighted by Gasteiger charge is -2.20. The average Bonchev–Trinajstić information content (AvgIpc) is 4.01. The topological polar surface area (TPSA) is 276 Å². The van der Waals surface area contributed by atoms with Crippen LogP contribution in [0.1, 0.15) is 65.1 Å². The SMILES string of the molecule is C#CCOc1ccc(C(=O)Nc2ccc(C(=O)N[C@@H](CC3(C)N=N3)C(=O)Nc3ccc(C(=O)Nc4ccc(C(=O)Nc5ccc(C(=O)O)c(O)c5OC)c(O)c4OC)cc3)cc2)cc1. The molecule has 5 aromatic rings. The number of aromatic carboxylic acids is 1. The zero-order valence-electron chi connectivity index (χ0n) is 34.2. The Morgan fingerprint density at radius 2 is 1.11 bits per heavy atom. The first kappa shape index (κ1) is 44.6. The van der Waals surface area contributed by atoms with Gasteiger partial charge < -0.3 is 56.1 Å². The number of carbonyl (C=O) groups is 6. The van der Waals surface area contributed by atoms with E-state index in [1.165, 1.54) is 61.7 Å². The molecule has 0 unspecified atom stereocenters. The Bertz CT molecular complexity index is 2710. The minimum absolute atomic E-state index is 0.00308. The van der Waals surface area contributed by atoms with E-state index in [0.29, 0.717) is 22.7 Å². The Morgan fingerprint density at radius 3 is 1.62 bits per heavy atom. The summed E-state index contributed by atoms with van der Waals surface area (Å²) in [6.45, 7) is 1.80. The second-order valence-electron chi connectivity index (χ2n) is 14.1. The van der Waals surface area contributed by atoms with Crippen LogP contribution in [-0.4, -0.2) is 83.4 Å². The van der Waals surface area contributed by atoms with Crippen molar-refractivity contribution < 1.29 is 58.3 Å². The molecule has 0 saturated carbocycles. The number of ether oxygens (including phenoxy) is 3. The molecular weight excluding hydrogens is 831 g/mol. The highest BCUT2D eigenvalue weighted by Gasteiger charge is 2.40. The summed E-state index contributed by atoms with van der Waals surface area (Å²) in [5, 5.41) is 51.7. The first-order valence-electron chi connectivity index (χ1n) is 19.0. The van der Waals surface area contributed by atoms with Crippen LogP contribution in [0.15, 0.2) is 107 Å². The van der Waals surface area contributed by atoms with Crippen LogP contribution in [-0.2, 0) is 4.79 Å². The summed E-state index contributed by atoms with van der Waals surface area (Å²) in [5.74, 6) is -3.54. The van der Waals surface area contributed by atoms with Crippen molar-refractivity contribution >= 4 is 58.3 Å². The third-order valence-corrected chi connectivity index (χ3v) is 9.55. The van der Waals surface area contributed by atoms with Crippen LogP contribution < -0.4 is 40.8 Å². The van der Waals surface area contributed by atoms with Crippen molar-refractivity contribution in [2.75, 3.05) is 42.1 Å². The van der Waals surface area contributed by atoms with Gasteiger partial charge in [0.2, 0.25) is 5.91 Å². The van der Waals surface area contributed by atoms with Gasteiger partial charge in [-0.05, 0) is 104 Å². The molecule has 1 aliphatic rings. The predicted octanol–water partition coefficient (Wildman–Crippen LogP) is 5.89. The molecule has 1 aliphatic heterocycles. The van der Waals surface area contributed by atoms with Crippen LogP contribution in [0, 0.1) is 12.3 Å². The highest BCUT2D eigenvalue weighted by molar-refractivity contribution is 6.10. The lowest BCUT2D eigenvalue weighted by Crippen LogP contribution is -2.46. The predicted molar refractivity (Wildman–Crippen MR) is 232 cm³/mol.